The number of nitrogens with zero attached hydrogens (tertiary/aromatic N) is 3. The summed E-state index contributed by atoms with van der Waals surface area (Å²) in [7, 11) is -3.62. The van der Waals surface area contributed by atoms with E-state index in [-0.39, 0.29) is 10.8 Å². The largest absolute Gasteiger partial charge is 0.379 e. The summed E-state index contributed by atoms with van der Waals surface area (Å²) in [5.41, 5.74) is 1.49. The maximum absolute atomic E-state index is 13.1. The Morgan fingerprint density at radius 3 is 2.55 bits per heavy atom. The molecule has 1 amide bonds. The van der Waals surface area contributed by atoms with Crippen LogP contribution in [-0.4, -0.2) is 82.6 Å². The van der Waals surface area contributed by atoms with Crippen molar-refractivity contribution < 1.29 is 17.9 Å². The first-order valence-electron chi connectivity index (χ1n) is 11.4. The Kier molecular flexibility index (Phi) is 7.15. The van der Waals surface area contributed by atoms with Gasteiger partial charge in [-0.25, -0.2) is 8.42 Å². The normalized spacial score (nSPS) is 23.8. The minimum atomic E-state index is -3.62. The Morgan fingerprint density at radius 2 is 1.84 bits per heavy atom. The number of ether oxygens (including phenoxy) is 1. The number of carbonyl (C=O) groups is 1. The SMILES string of the molecule is C[C@@H]1CCCN(CC(=O)Nc2cc(S(=O)(=O)N3CCOCC3)ccc2N2CCCC2)C1. The molecule has 31 heavy (non-hydrogen) atoms. The summed E-state index contributed by atoms with van der Waals surface area (Å²) in [6, 6.07) is 5.15. The van der Waals surface area contributed by atoms with E-state index >= 15 is 0 Å². The lowest BCUT2D eigenvalue weighted by atomic mass is 10.0. The highest BCUT2D eigenvalue weighted by Crippen LogP contribution is 2.32. The molecule has 3 saturated heterocycles. The first-order chi connectivity index (χ1) is 14.9. The van der Waals surface area contributed by atoms with Gasteiger partial charge in [-0.1, -0.05) is 6.92 Å². The predicted molar refractivity (Wildman–Crippen MR) is 121 cm³/mol. The van der Waals surface area contributed by atoms with Gasteiger partial charge in [0.05, 0.1) is 36.0 Å². The van der Waals surface area contributed by atoms with Crippen LogP contribution < -0.4 is 10.2 Å². The molecule has 1 N–H and O–H groups in total. The number of rotatable bonds is 6. The molecule has 0 spiro atoms. The number of amides is 1. The topological polar surface area (TPSA) is 82.2 Å². The molecule has 0 unspecified atom stereocenters. The quantitative estimate of drug-likeness (QED) is 0.714. The molecule has 1 aromatic carbocycles. The van der Waals surface area contributed by atoms with E-state index in [1.54, 1.807) is 12.1 Å². The second-order valence-corrected chi connectivity index (χ2v) is 10.9. The Balaban J connectivity index is 1.55. The van der Waals surface area contributed by atoms with E-state index in [0.29, 0.717) is 44.5 Å². The monoisotopic (exact) mass is 450 g/mol. The summed E-state index contributed by atoms with van der Waals surface area (Å²) >= 11 is 0. The van der Waals surface area contributed by atoms with E-state index in [2.05, 4.69) is 22.0 Å². The highest BCUT2D eigenvalue weighted by atomic mass is 32.2. The number of benzene rings is 1. The molecule has 4 rings (SSSR count). The average Bonchev–Trinajstić information content (AvgIpc) is 3.29. The van der Waals surface area contributed by atoms with Gasteiger partial charge in [0, 0.05) is 32.7 Å². The highest BCUT2D eigenvalue weighted by molar-refractivity contribution is 7.89. The fraction of sp³-hybridized carbons (Fsp3) is 0.682. The zero-order valence-electron chi connectivity index (χ0n) is 18.4. The smallest absolute Gasteiger partial charge is 0.243 e. The predicted octanol–water partition coefficient (Wildman–Crippen LogP) is 1.98. The van der Waals surface area contributed by atoms with Crippen molar-refractivity contribution in [3.05, 3.63) is 18.2 Å². The molecule has 1 atom stereocenters. The zero-order valence-corrected chi connectivity index (χ0v) is 19.2. The number of carbonyl (C=O) groups excluding carboxylic acids is 1. The molecule has 3 fully saturated rings. The van der Waals surface area contributed by atoms with E-state index in [1.807, 2.05) is 6.07 Å². The van der Waals surface area contributed by atoms with Crippen molar-refractivity contribution in [3.8, 4) is 0 Å². The third kappa shape index (κ3) is 5.39. The van der Waals surface area contributed by atoms with E-state index in [4.69, 9.17) is 4.74 Å². The van der Waals surface area contributed by atoms with E-state index in [9.17, 15) is 13.2 Å². The Bertz CT molecular complexity index is 879. The van der Waals surface area contributed by atoms with Gasteiger partial charge in [0.15, 0.2) is 0 Å². The summed E-state index contributed by atoms with van der Waals surface area (Å²) in [6.45, 7) is 7.77. The minimum absolute atomic E-state index is 0.0875. The van der Waals surface area contributed by atoms with Crippen LogP contribution in [0, 0.1) is 5.92 Å². The fourth-order valence-electron chi connectivity index (χ4n) is 4.77. The van der Waals surface area contributed by atoms with Crippen molar-refractivity contribution in [2.75, 3.05) is 69.2 Å². The lowest BCUT2D eigenvalue weighted by Gasteiger charge is -2.30. The van der Waals surface area contributed by atoms with Crippen LogP contribution in [0.25, 0.3) is 0 Å². The van der Waals surface area contributed by atoms with E-state index in [0.717, 1.165) is 51.1 Å². The first-order valence-corrected chi connectivity index (χ1v) is 12.9. The number of hydrogen-bond donors (Lipinski definition) is 1. The van der Waals surface area contributed by atoms with Crippen LogP contribution >= 0.6 is 0 Å². The number of sulfonamides is 1. The van der Waals surface area contributed by atoms with E-state index in [1.165, 1.54) is 10.7 Å². The fourth-order valence-corrected chi connectivity index (χ4v) is 6.20. The molecule has 0 aromatic heterocycles. The third-order valence-electron chi connectivity index (χ3n) is 6.41. The van der Waals surface area contributed by atoms with Crippen LogP contribution in [0.5, 0.6) is 0 Å². The second-order valence-electron chi connectivity index (χ2n) is 8.92. The average molecular weight is 451 g/mol. The maximum Gasteiger partial charge on any atom is 0.243 e. The molecule has 0 bridgehead atoms. The van der Waals surface area contributed by atoms with Gasteiger partial charge in [-0.15, -0.1) is 0 Å². The summed E-state index contributed by atoms with van der Waals surface area (Å²) in [4.78, 5) is 17.5. The van der Waals surface area contributed by atoms with Crippen molar-refractivity contribution in [1.82, 2.24) is 9.21 Å². The summed E-state index contributed by atoms with van der Waals surface area (Å²) < 4.78 is 33.1. The second kappa shape index (κ2) is 9.85. The molecule has 3 aliphatic rings. The molecule has 0 radical (unpaired) electrons. The van der Waals surface area contributed by atoms with Gasteiger partial charge < -0.3 is 15.0 Å². The van der Waals surface area contributed by atoms with Gasteiger partial charge in [-0.3, -0.25) is 9.69 Å². The van der Waals surface area contributed by atoms with Crippen LogP contribution in [0.15, 0.2) is 23.1 Å². The summed E-state index contributed by atoms with van der Waals surface area (Å²) in [5, 5.41) is 3.04. The minimum Gasteiger partial charge on any atom is -0.379 e. The van der Waals surface area contributed by atoms with Gasteiger partial charge in [0.1, 0.15) is 0 Å². The van der Waals surface area contributed by atoms with Crippen molar-refractivity contribution in [1.29, 1.82) is 0 Å². The van der Waals surface area contributed by atoms with Crippen LogP contribution in [0.2, 0.25) is 0 Å². The third-order valence-corrected chi connectivity index (χ3v) is 8.30. The zero-order chi connectivity index (χ0) is 21.8. The van der Waals surface area contributed by atoms with Crippen LogP contribution in [-0.2, 0) is 19.6 Å². The summed E-state index contributed by atoms with van der Waals surface area (Å²) in [5.74, 6) is 0.513. The van der Waals surface area contributed by atoms with Crippen LogP contribution in [0.4, 0.5) is 11.4 Å². The standard InChI is InChI=1S/C22H34N4O4S/c1-18-5-4-8-24(16-18)17-22(27)23-20-15-19(6-7-21(20)25-9-2-3-10-25)31(28,29)26-11-13-30-14-12-26/h6-7,15,18H,2-5,8-14,16-17H2,1H3,(H,23,27)/t18-/m1/s1. The van der Waals surface area contributed by atoms with Gasteiger partial charge >= 0.3 is 0 Å². The number of morpholine rings is 1. The molecular weight excluding hydrogens is 416 g/mol. The maximum atomic E-state index is 13.1. The van der Waals surface area contributed by atoms with Crippen molar-refractivity contribution in [2.45, 2.75) is 37.5 Å². The van der Waals surface area contributed by atoms with Crippen molar-refractivity contribution >= 4 is 27.3 Å². The Morgan fingerprint density at radius 1 is 1.10 bits per heavy atom. The van der Waals surface area contributed by atoms with Gasteiger partial charge in [-0.2, -0.15) is 4.31 Å². The van der Waals surface area contributed by atoms with Crippen LogP contribution in [0.1, 0.15) is 32.6 Å². The first kappa shape index (κ1) is 22.5. The number of likely N-dealkylation sites (tertiary alicyclic amines) is 1. The molecule has 9 heteroatoms. The van der Waals surface area contributed by atoms with Crippen molar-refractivity contribution in [3.63, 3.8) is 0 Å². The molecular formula is C22H34N4O4S. The lowest BCUT2D eigenvalue weighted by molar-refractivity contribution is -0.117. The van der Waals surface area contributed by atoms with E-state index < -0.39 is 10.0 Å². The Hall–Kier alpha value is -1.68. The van der Waals surface area contributed by atoms with Crippen molar-refractivity contribution in [2.24, 2.45) is 5.92 Å². The number of piperidine rings is 1. The number of nitrogens with one attached hydrogen (secondary N) is 1. The molecule has 1 aromatic rings. The molecule has 3 heterocycles. The molecule has 3 aliphatic heterocycles. The Labute approximate surface area is 185 Å². The van der Waals surface area contributed by atoms with Gasteiger partial charge in [0.25, 0.3) is 0 Å². The molecule has 172 valence electrons. The number of anilines is 2. The van der Waals surface area contributed by atoms with Gasteiger partial charge in [-0.05, 0) is 56.3 Å². The summed E-state index contributed by atoms with van der Waals surface area (Å²) in [6.07, 6.45) is 4.53. The highest BCUT2D eigenvalue weighted by Gasteiger charge is 2.28. The molecule has 0 saturated carbocycles. The number of hydrogen-bond acceptors (Lipinski definition) is 6. The molecule has 8 nitrogen and oxygen atoms in total. The lowest BCUT2D eigenvalue weighted by Crippen LogP contribution is -2.41. The van der Waals surface area contributed by atoms with Crippen LogP contribution in [0.3, 0.4) is 0 Å². The molecule has 0 aliphatic carbocycles. The van der Waals surface area contributed by atoms with Gasteiger partial charge in [0.2, 0.25) is 15.9 Å².